The van der Waals surface area contributed by atoms with E-state index in [-0.39, 0.29) is 5.91 Å². The van der Waals surface area contributed by atoms with Gasteiger partial charge in [-0.2, -0.15) is 0 Å². The molecule has 0 aromatic heterocycles. The second-order valence-corrected chi connectivity index (χ2v) is 5.52. The van der Waals surface area contributed by atoms with E-state index in [1.165, 1.54) is 0 Å². The predicted molar refractivity (Wildman–Crippen MR) is 82.8 cm³/mol. The summed E-state index contributed by atoms with van der Waals surface area (Å²) in [6.45, 7) is 1.95. The third kappa shape index (κ3) is 6.98. The molecule has 1 aromatic carbocycles. The summed E-state index contributed by atoms with van der Waals surface area (Å²) in [6.07, 6.45) is 1.09. The van der Waals surface area contributed by atoms with Crippen LogP contribution in [-0.2, 0) is 4.79 Å². The molecular weight excluding hydrogens is 299 g/mol. The van der Waals surface area contributed by atoms with Crippen molar-refractivity contribution in [1.82, 2.24) is 10.2 Å². The molecule has 20 heavy (non-hydrogen) atoms. The van der Waals surface area contributed by atoms with E-state index in [4.69, 9.17) is 27.9 Å². The van der Waals surface area contributed by atoms with Gasteiger partial charge in [0.15, 0.2) is 0 Å². The first-order valence-corrected chi connectivity index (χ1v) is 7.24. The van der Waals surface area contributed by atoms with Crippen molar-refractivity contribution in [2.75, 3.05) is 33.8 Å². The Balaban J connectivity index is 2.16. The van der Waals surface area contributed by atoms with E-state index in [1.807, 2.05) is 19.0 Å². The Morgan fingerprint density at radius 3 is 2.75 bits per heavy atom. The molecule has 0 aliphatic heterocycles. The molecule has 112 valence electrons. The standard InChI is InChI=1S/C14H20Cl2N2O2/c1-18(2)8-7-17-14(19)4-3-9-20-13-6-5-11(15)10-12(13)16/h5-6,10H,3-4,7-9H2,1-2H3,(H,17,19). The Morgan fingerprint density at radius 2 is 2.10 bits per heavy atom. The van der Waals surface area contributed by atoms with Crippen LogP contribution in [0.5, 0.6) is 5.75 Å². The first-order chi connectivity index (χ1) is 9.49. The van der Waals surface area contributed by atoms with Gasteiger partial charge in [0.1, 0.15) is 5.75 Å². The minimum Gasteiger partial charge on any atom is -0.492 e. The first kappa shape index (κ1) is 17.1. The van der Waals surface area contributed by atoms with Gasteiger partial charge in [-0.05, 0) is 38.7 Å². The van der Waals surface area contributed by atoms with Crippen molar-refractivity contribution in [2.45, 2.75) is 12.8 Å². The third-order valence-corrected chi connectivity index (χ3v) is 3.11. The molecule has 6 heteroatoms. The molecule has 0 fully saturated rings. The van der Waals surface area contributed by atoms with Crippen LogP contribution in [0.2, 0.25) is 10.0 Å². The highest BCUT2D eigenvalue weighted by molar-refractivity contribution is 6.35. The highest BCUT2D eigenvalue weighted by atomic mass is 35.5. The summed E-state index contributed by atoms with van der Waals surface area (Å²) in [6, 6.07) is 5.07. The number of halogens is 2. The van der Waals surface area contributed by atoms with E-state index in [0.29, 0.717) is 41.8 Å². The monoisotopic (exact) mass is 318 g/mol. The Hall–Kier alpha value is -0.970. The summed E-state index contributed by atoms with van der Waals surface area (Å²) in [5.41, 5.74) is 0. The van der Waals surface area contributed by atoms with Gasteiger partial charge in [0, 0.05) is 24.5 Å². The average Bonchev–Trinajstić information content (AvgIpc) is 2.36. The zero-order valence-corrected chi connectivity index (χ0v) is 13.3. The summed E-state index contributed by atoms with van der Waals surface area (Å²) in [5, 5.41) is 3.90. The molecule has 0 aliphatic carbocycles. The highest BCUT2D eigenvalue weighted by Crippen LogP contribution is 2.27. The lowest BCUT2D eigenvalue weighted by Gasteiger charge is -2.11. The number of carbonyl (C=O) groups excluding carboxylic acids is 1. The van der Waals surface area contributed by atoms with Gasteiger partial charge in [0.05, 0.1) is 11.6 Å². The minimum absolute atomic E-state index is 0.0395. The summed E-state index contributed by atoms with van der Waals surface area (Å²) >= 11 is 11.8. The zero-order chi connectivity index (χ0) is 15.0. The van der Waals surface area contributed by atoms with Crippen LogP contribution in [-0.4, -0.2) is 44.6 Å². The Labute approximate surface area is 130 Å². The van der Waals surface area contributed by atoms with Crippen molar-refractivity contribution in [3.8, 4) is 5.75 Å². The molecule has 0 unspecified atom stereocenters. The van der Waals surface area contributed by atoms with Crippen molar-refractivity contribution in [3.05, 3.63) is 28.2 Å². The molecule has 0 saturated carbocycles. The maximum atomic E-state index is 11.5. The molecule has 0 spiro atoms. The molecule has 0 atom stereocenters. The fourth-order valence-electron chi connectivity index (χ4n) is 1.51. The average molecular weight is 319 g/mol. The van der Waals surface area contributed by atoms with Crippen LogP contribution in [0.25, 0.3) is 0 Å². The van der Waals surface area contributed by atoms with Gasteiger partial charge >= 0.3 is 0 Å². The molecule has 0 bridgehead atoms. The van der Waals surface area contributed by atoms with Crippen molar-refractivity contribution >= 4 is 29.1 Å². The first-order valence-electron chi connectivity index (χ1n) is 6.48. The lowest BCUT2D eigenvalue weighted by molar-refractivity contribution is -0.121. The Kier molecular flexibility index (Phi) is 7.73. The van der Waals surface area contributed by atoms with Gasteiger partial charge in [-0.25, -0.2) is 0 Å². The van der Waals surface area contributed by atoms with E-state index in [1.54, 1.807) is 18.2 Å². The summed E-state index contributed by atoms with van der Waals surface area (Å²) in [7, 11) is 3.94. The Bertz CT molecular complexity index is 439. The second kappa shape index (κ2) is 9.06. The van der Waals surface area contributed by atoms with Gasteiger partial charge in [-0.3, -0.25) is 4.79 Å². The third-order valence-electron chi connectivity index (χ3n) is 2.58. The van der Waals surface area contributed by atoms with Gasteiger partial charge < -0.3 is 15.0 Å². The van der Waals surface area contributed by atoms with Crippen LogP contribution < -0.4 is 10.1 Å². The maximum absolute atomic E-state index is 11.5. The molecular formula is C14H20Cl2N2O2. The molecule has 1 N–H and O–H groups in total. The topological polar surface area (TPSA) is 41.6 Å². The van der Waals surface area contributed by atoms with Crippen molar-refractivity contribution < 1.29 is 9.53 Å². The normalized spacial score (nSPS) is 10.7. The van der Waals surface area contributed by atoms with E-state index < -0.39 is 0 Å². The molecule has 0 saturated heterocycles. The lowest BCUT2D eigenvalue weighted by atomic mass is 10.3. The molecule has 0 aliphatic rings. The maximum Gasteiger partial charge on any atom is 0.220 e. The number of hydrogen-bond donors (Lipinski definition) is 1. The summed E-state index contributed by atoms with van der Waals surface area (Å²) in [5.74, 6) is 0.627. The summed E-state index contributed by atoms with van der Waals surface area (Å²) < 4.78 is 5.51. The predicted octanol–water partition coefficient (Wildman–Crippen LogP) is 2.83. The number of benzene rings is 1. The lowest BCUT2D eigenvalue weighted by Crippen LogP contribution is -2.31. The fourth-order valence-corrected chi connectivity index (χ4v) is 1.98. The van der Waals surface area contributed by atoms with E-state index in [0.717, 1.165) is 6.54 Å². The molecule has 0 radical (unpaired) electrons. The van der Waals surface area contributed by atoms with E-state index >= 15 is 0 Å². The number of likely N-dealkylation sites (N-methyl/N-ethyl adjacent to an activating group) is 1. The largest absolute Gasteiger partial charge is 0.492 e. The SMILES string of the molecule is CN(C)CCNC(=O)CCCOc1ccc(Cl)cc1Cl. The minimum atomic E-state index is 0.0395. The number of carbonyl (C=O) groups is 1. The Morgan fingerprint density at radius 1 is 1.35 bits per heavy atom. The van der Waals surface area contributed by atoms with Crippen LogP contribution in [0.15, 0.2) is 18.2 Å². The van der Waals surface area contributed by atoms with Gasteiger partial charge in [0.2, 0.25) is 5.91 Å². The molecule has 0 heterocycles. The van der Waals surface area contributed by atoms with Crippen molar-refractivity contribution in [1.29, 1.82) is 0 Å². The number of amides is 1. The number of hydrogen-bond acceptors (Lipinski definition) is 3. The van der Waals surface area contributed by atoms with Crippen LogP contribution in [0.4, 0.5) is 0 Å². The van der Waals surface area contributed by atoms with Crippen LogP contribution in [0, 0.1) is 0 Å². The zero-order valence-electron chi connectivity index (χ0n) is 11.8. The summed E-state index contributed by atoms with van der Waals surface area (Å²) in [4.78, 5) is 13.5. The van der Waals surface area contributed by atoms with E-state index in [2.05, 4.69) is 5.32 Å². The number of rotatable bonds is 8. The second-order valence-electron chi connectivity index (χ2n) is 4.68. The van der Waals surface area contributed by atoms with Crippen LogP contribution >= 0.6 is 23.2 Å². The van der Waals surface area contributed by atoms with Gasteiger partial charge in [-0.1, -0.05) is 23.2 Å². The number of nitrogens with zero attached hydrogens (tertiary/aromatic N) is 1. The number of nitrogens with one attached hydrogen (secondary N) is 1. The molecule has 1 aromatic rings. The molecule has 1 rings (SSSR count). The van der Waals surface area contributed by atoms with E-state index in [9.17, 15) is 4.79 Å². The molecule has 1 amide bonds. The van der Waals surface area contributed by atoms with Crippen molar-refractivity contribution in [2.24, 2.45) is 0 Å². The van der Waals surface area contributed by atoms with Crippen LogP contribution in [0.3, 0.4) is 0 Å². The van der Waals surface area contributed by atoms with Gasteiger partial charge in [-0.15, -0.1) is 0 Å². The molecule has 4 nitrogen and oxygen atoms in total. The van der Waals surface area contributed by atoms with Crippen LogP contribution in [0.1, 0.15) is 12.8 Å². The van der Waals surface area contributed by atoms with Gasteiger partial charge in [0.25, 0.3) is 0 Å². The van der Waals surface area contributed by atoms with Crippen molar-refractivity contribution in [3.63, 3.8) is 0 Å². The number of ether oxygens (including phenoxy) is 1. The quantitative estimate of drug-likeness (QED) is 0.749. The smallest absolute Gasteiger partial charge is 0.220 e. The highest BCUT2D eigenvalue weighted by Gasteiger charge is 2.04. The fraction of sp³-hybridized carbons (Fsp3) is 0.500.